The van der Waals surface area contributed by atoms with E-state index in [4.69, 9.17) is 0 Å². The molecule has 1 saturated carbocycles. The number of rotatable bonds is 9. The Morgan fingerprint density at radius 2 is 1.87 bits per heavy atom. The van der Waals surface area contributed by atoms with Crippen LogP contribution in [-0.4, -0.2) is 55.7 Å². The molecule has 3 rings (SSSR count). The number of hydrogen-bond acceptors (Lipinski definition) is 4. The molecule has 0 saturated heterocycles. The third-order valence-corrected chi connectivity index (χ3v) is 6.31. The zero-order chi connectivity index (χ0) is 21.4. The summed E-state index contributed by atoms with van der Waals surface area (Å²) in [4.78, 5) is 19.5. The van der Waals surface area contributed by atoms with Crippen molar-refractivity contribution in [2.45, 2.75) is 29.0 Å². The lowest BCUT2D eigenvalue weighted by molar-refractivity contribution is -0.116. The topological polar surface area (TPSA) is 68.8 Å². The first-order chi connectivity index (χ1) is 14.5. The predicted octanol–water partition coefficient (Wildman–Crippen LogP) is 3.18. The fourth-order valence-electron chi connectivity index (χ4n) is 3.09. The normalized spacial score (nSPS) is 15.0. The van der Waals surface area contributed by atoms with Crippen molar-refractivity contribution in [1.82, 2.24) is 15.5 Å². The number of nitrogens with one attached hydrogen (secondary N) is 3. The van der Waals surface area contributed by atoms with Crippen molar-refractivity contribution in [1.29, 1.82) is 0 Å². The Kier molecular flexibility index (Phi) is 7.76. The minimum absolute atomic E-state index is 0.0202. The second-order valence-corrected chi connectivity index (χ2v) is 9.41. The quantitative estimate of drug-likeness (QED) is 0.425. The molecule has 0 aromatic heterocycles. The molecule has 0 atom stereocenters. The first-order valence-electron chi connectivity index (χ1n) is 10.2. The molecule has 0 radical (unpaired) electrons. The number of guanidine groups is 1. The highest BCUT2D eigenvalue weighted by molar-refractivity contribution is 8.01. The predicted molar refractivity (Wildman–Crippen MR) is 126 cm³/mol. The van der Waals surface area contributed by atoms with E-state index >= 15 is 0 Å². The zero-order valence-electron chi connectivity index (χ0n) is 17.9. The molecule has 2 aromatic rings. The Balaban J connectivity index is 1.47. The zero-order valence-corrected chi connectivity index (χ0v) is 18.8. The number of anilines is 1. The molecule has 0 heterocycles. The first kappa shape index (κ1) is 22.2. The van der Waals surface area contributed by atoms with Crippen molar-refractivity contribution in [2.75, 3.05) is 39.5 Å². The van der Waals surface area contributed by atoms with Crippen LogP contribution in [0, 0.1) is 0 Å². The number of carbonyl (C=O) groups excluding carboxylic acids is 1. The van der Waals surface area contributed by atoms with E-state index in [0.717, 1.165) is 23.8 Å². The van der Waals surface area contributed by atoms with Gasteiger partial charge in [-0.1, -0.05) is 30.3 Å². The molecule has 0 unspecified atom stereocenters. The molecule has 2 aromatic carbocycles. The van der Waals surface area contributed by atoms with Gasteiger partial charge in [-0.25, -0.2) is 0 Å². The average Bonchev–Trinajstić information content (AvgIpc) is 3.48. The van der Waals surface area contributed by atoms with E-state index in [1.165, 1.54) is 17.7 Å². The molecular weight excluding hydrogens is 394 g/mol. The summed E-state index contributed by atoms with van der Waals surface area (Å²) < 4.78 is 0.260. The fourth-order valence-corrected chi connectivity index (χ4v) is 4.33. The minimum atomic E-state index is -0.0202. The summed E-state index contributed by atoms with van der Waals surface area (Å²) in [5, 5.41) is 9.78. The maximum absolute atomic E-state index is 12.0. The second kappa shape index (κ2) is 10.5. The molecular formula is C23H31N5OS. The molecule has 160 valence electrons. The first-order valence-corrected chi connectivity index (χ1v) is 11.0. The van der Waals surface area contributed by atoms with Crippen LogP contribution in [0.25, 0.3) is 0 Å². The van der Waals surface area contributed by atoms with Crippen molar-refractivity contribution in [2.24, 2.45) is 4.99 Å². The Morgan fingerprint density at radius 3 is 2.53 bits per heavy atom. The summed E-state index contributed by atoms with van der Waals surface area (Å²) in [6.45, 7) is 1.88. The lowest BCUT2D eigenvalue weighted by atomic mass is 10.2. The van der Waals surface area contributed by atoms with Gasteiger partial charge in [-0.05, 0) is 56.8 Å². The Morgan fingerprint density at radius 1 is 1.10 bits per heavy atom. The van der Waals surface area contributed by atoms with Crippen LogP contribution in [0.5, 0.6) is 0 Å². The third kappa shape index (κ3) is 7.07. The van der Waals surface area contributed by atoms with Gasteiger partial charge in [-0.15, -0.1) is 11.8 Å². The smallest absolute Gasteiger partial charge is 0.238 e. The molecule has 1 fully saturated rings. The molecule has 7 heteroatoms. The summed E-state index contributed by atoms with van der Waals surface area (Å²) in [7, 11) is 5.54. The molecule has 1 aliphatic carbocycles. The van der Waals surface area contributed by atoms with Gasteiger partial charge in [0.05, 0.1) is 6.54 Å². The number of hydrogen-bond donors (Lipinski definition) is 3. The average molecular weight is 426 g/mol. The Hall–Kier alpha value is -2.51. The van der Waals surface area contributed by atoms with E-state index in [1.54, 1.807) is 7.05 Å². The lowest BCUT2D eigenvalue weighted by Gasteiger charge is -2.18. The van der Waals surface area contributed by atoms with Crippen molar-refractivity contribution in [3.63, 3.8) is 0 Å². The Labute approximate surface area is 183 Å². The summed E-state index contributed by atoms with van der Waals surface area (Å²) in [6, 6.07) is 18.4. The number of nitrogens with zero attached hydrogens (tertiary/aromatic N) is 2. The van der Waals surface area contributed by atoms with Gasteiger partial charge in [0.1, 0.15) is 0 Å². The summed E-state index contributed by atoms with van der Waals surface area (Å²) in [5.41, 5.74) is 1.89. The van der Waals surface area contributed by atoms with Crippen molar-refractivity contribution < 1.29 is 4.79 Å². The number of benzene rings is 2. The van der Waals surface area contributed by atoms with Crippen LogP contribution >= 0.6 is 11.8 Å². The van der Waals surface area contributed by atoms with Crippen LogP contribution in [0.15, 0.2) is 64.5 Å². The molecule has 0 spiro atoms. The molecule has 0 aliphatic heterocycles. The number of likely N-dealkylation sites (N-methyl/N-ethyl adjacent to an activating group) is 1. The Bertz CT molecular complexity index is 865. The standard InChI is InChI=1S/C23H31N5OS/c1-24-22(26-17-23(12-13-23)30-20-10-5-4-6-11-20)25-15-18-8-7-9-19(14-18)27-21(29)16-28(2)3/h4-11,14H,12-13,15-17H2,1-3H3,(H,27,29)(H2,24,25,26). The SMILES string of the molecule is CN=C(NCc1cccc(NC(=O)CN(C)C)c1)NCC1(Sc2ccccc2)CC1. The highest BCUT2D eigenvalue weighted by Gasteiger charge is 2.43. The third-order valence-electron chi connectivity index (χ3n) is 4.82. The van der Waals surface area contributed by atoms with Gasteiger partial charge in [-0.2, -0.15) is 0 Å². The van der Waals surface area contributed by atoms with Crippen LogP contribution in [0.3, 0.4) is 0 Å². The lowest BCUT2D eigenvalue weighted by Crippen LogP contribution is -2.40. The summed E-state index contributed by atoms with van der Waals surface area (Å²) >= 11 is 1.95. The van der Waals surface area contributed by atoms with E-state index in [2.05, 4.69) is 51.3 Å². The molecule has 30 heavy (non-hydrogen) atoms. The van der Waals surface area contributed by atoms with Crippen molar-refractivity contribution in [3.05, 3.63) is 60.2 Å². The van der Waals surface area contributed by atoms with E-state index in [1.807, 2.05) is 55.0 Å². The van der Waals surface area contributed by atoms with Gasteiger partial charge < -0.3 is 20.9 Å². The number of thioether (sulfide) groups is 1. The number of amides is 1. The number of carbonyl (C=O) groups is 1. The fraction of sp³-hybridized carbons (Fsp3) is 0.391. The van der Waals surface area contributed by atoms with E-state index < -0.39 is 0 Å². The van der Waals surface area contributed by atoms with Gasteiger partial charge in [0.15, 0.2) is 5.96 Å². The van der Waals surface area contributed by atoms with Gasteiger partial charge in [0, 0.05) is 35.5 Å². The maximum atomic E-state index is 12.0. The number of aliphatic imine (C=N–C) groups is 1. The van der Waals surface area contributed by atoms with E-state index in [0.29, 0.717) is 13.1 Å². The van der Waals surface area contributed by atoms with E-state index in [-0.39, 0.29) is 10.7 Å². The van der Waals surface area contributed by atoms with Crippen molar-refractivity contribution in [3.8, 4) is 0 Å². The van der Waals surface area contributed by atoms with Crippen LogP contribution in [-0.2, 0) is 11.3 Å². The summed E-state index contributed by atoms with van der Waals surface area (Å²) in [6.07, 6.45) is 2.43. The van der Waals surface area contributed by atoms with Crippen LogP contribution in [0.4, 0.5) is 5.69 Å². The van der Waals surface area contributed by atoms with Crippen LogP contribution < -0.4 is 16.0 Å². The van der Waals surface area contributed by atoms with Gasteiger partial charge in [0.2, 0.25) is 5.91 Å². The largest absolute Gasteiger partial charge is 0.355 e. The van der Waals surface area contributed by atoms with Gasteiger partial charge >= 0.3 is 0 Å². The van der Waals surface area contributed by atoms with Crippen LogP contribution in [0.2, 0.25) is 0 Å². The van der Waals surface area contributed by atoms with Crippen molar-refractivity contribution >= 4 is 29.3 Å². The summed E-state index contributed by atoms with van der Waals surface area (Å²) in [5.74, 6) is 0.769. The second-order valence-electron chi connectivity index (χ2n) is 7.86. The molecule has 1 aliphatic rings. The molecule has 6 nitrogen and oxygen atoms in total. The molecule has 0 bridgehead atoms. The van der Waals surface area contributed by atoms with Gasteiger partial charge in [0.25, 0.3) is 0 Å². The maximum Gasteiger partial charge on any atom is 0.238 e. The highest BCUT2D eigenvalue weighted by atomic mass is 32.2. The monoisotopic (exact) mass is 425 g/mol. The minimum Gasteiger partial charge on any atom is -0.355 e. The molecule has 1 amide bonds. The van der Waals surface area contributed by atoms with Gasteiger partial charge in [-0.3, -0.25) is 9.79 Å². The highest BCUT2D eigenvalue weighted by Crippen LogP contribution is 2.51. The van der Waals surface area contributed by atoms with Crippen LogP contribution in [0.1, 0.15) is 18.4 Å². The van der Waals surface area contributed by atoms with E-state index in [9.17, 15) is 4.79 Å². The molecule has 3 N–H and O–H groups in total.